The smallest absolute Gasteiger partial charge is 0.188 e. The maximum absolute atomic E-state index is 5.96. The lowest BCUT2D eigenvalue weighted by molar-refractivity contribution is 0.122. The topological polar surface area (TPSA) is 38.2 Å². The van der Waals surface area contributed by atoms with Gasteiger partial charge in [-0.05, 0) is 6.07 Å². The van der Waals surface area contributed by atoms with Gasteiger partial charge in [0.25, 0.3) is 0 Å². The highest BCUT2D eigenvalue weighted by atomic mass is 35.5. The third-order valence-corrected chi connectivity index (χ3v) is 4.45. The van der Waals surface area contributed by atoms with Crippen LogP contribution in [0.15, 0.2) is 12.3 Å². The van der Waals surface area contributed by atoms with E-state index in [1.54, 1.807) is 17.5 Å². The molecule has 1 aliphatic heterocycles. The zero-order valence-electron chi connectivity index (χ0n) is 9.47. The number of alkyl halides is 2. The van der Waals surface area contributed by atoms with Crippen molar-refractivity contribution >= 4 is 50.0 Å². The summed E-state index contributed by atoms with van der Waals surface area (Å²) in [6, 6.07) is 1.84. The molecule has 0 bridgehead atoms. The summed E-state index contributed by atoms with van der Waals surface area (Å²) in [5.41, 5.74) is 1.59. The molecule has 96 valence electrons. The van der Waals surface area contributed by atoms with Crippen LogP contribution in [0.5, 0.6) is 0 Å². The molecule has 1 saturated heterocycles. The van der Waals surface area contributed by atoms with Crippen molar-refractivity contribution in [3.05, 3.63) is 17.8 Å². The maximum Gasteiger partial charge on any atom is 0.188 e. The van der Waals surface area contributed by atoms with Gasteiger partial charge < -0.3 is 9.64 Å². The molecular weight excluding hydrogens is 293 g/mol. The van der Waals surface area contributed by atoms with Crippen molar-refractivity contribution in [3.63, 3.8) is 0 Å². The van der Waals surface area contributed by atoms with Crippen LogP contribution in [-0.4, -0.2) is 36.3 Å². The number of hydrogen-bond acceptors (Lipinski definition) is 5. The van der Waals surface area contributed by atoms with E-state index in [1.165, 1.54) is 0 Å². The SMILES string of the molecule is ClC(Cl)c1ccnc2nc(N3CCOCC3)sc12. The van der Waals surface area contributed by atoms with Crippen LogP contribution in [0.25, 0.3) is 10.3 Å². The first kappa shape index (κ1) is 12.4. The lowest BCUT2D eigenvalue weighted by atomic mass is 10.3. The van der Waals surface area contributed by atoms with E-state index >= 15 is 0 Å². The molecule has 7 heteroatoms. The summed E-state index contributed by atoms with van der Waals surface area (Å²) < 4.78 is 6.30. The molecule has 0 radical (unpaired) electrons. The first-order valence-electron chi connectivity index (χ1n) is 5.62. The largest absolute Gasteiger partial charge is 0.378 e. The summed E-state index contributed by atoms with van der Waals surface area (Å²) in [6.45, 7) is 3.20. The third-order valence-electron chi connectivity index (χ3n) is 2.83. The maximum atomic E-state index is 5.96. The van der Waals surface area contributed by atoms with Gasteiger partial charge in [-0.15, -0.1) is 23.2 Å². The molecule has 2 aromatic rings. The van der Waals surface area contributed by atoms with Gasteiger partial charge in [0.1, 0.15) is 4.84 Å². The predicted octanol–water partition coefficient (Wildman–Crippen LogP) is 3.00. The molecule has 0 N–H and O–H groups in total. The van der Waals surface area contributed by atoms with Crippen LogP contribution >= 0.6 is 34.5 Å². The van der Waals surface area contributed by atoms with E-state index in [9.17, 15) is 0 Å². The van der Waals surface area contributed by atoms with E-state index in [0.29, 0.717) is 5.65 Å². The Morgan fingerprint density at radius 1 is 1.33 bits per heavy atom. The van der Waals surface area contributed by atoms with Crippen molar-refractivity contribution in [2.75, 3.05) is 31.2 Å². The van der Waals surface area contributed by atoms with Crippen molar-refractivity contribution in [2.24, 2.45) is 0 Å². The number of aromatic nitrogens is 2. The fourth-order valence-corrected chi connectivity index (χ4v) is 3.52. The van der Waals surface area contributed by atoms with E-state index in [1.807, 2.05) is 6.07 Å². The Morgan fingerprint density at radius 3 is 2.83 bits per heavy atom. The van der Waals surface area contributed by atoms with E-state index < -0.39 is 4.84 Å². The molecule has 3 rings (SSSR count). The fourth-order valence-electron chi connectivity index (χ4n) is 1.90. The van der Waals surface area contributed by atoms with Gasteiger partial charge in [0.15, 0.2) is 10.8 Å². The van der Waals surface area contributed by atoms with Gasteiger partial charge in [-0.25, -0.2) is 4.98 Å². The Labute approximate surface area is 118 Å². The van der Waals surface area contributed by atoms with Crippen molar-refractivity contribution < 1.29 is 4.74 Å². The minimum absolute atomic E-state index is 0.548. The van der Waals surface area contributed by atoms with Gasteiger partial charge in [0.2, 0.25) is 0 Å². The molecule has 2 aromatic heterocycles. The molecule has 0 aliphatic carbocycles. The second-order valence-electron chi connectivity index (χ2n) is 3.95. The van der Waals surface area contributed by atoms with Crippen LogP contribution in [0.3, 0.4) is 0 Å². The van der Waals surface area contributed by atoms with Crippen molar-refractivity contribution in [1.82, 2.24) is 9.97 Å². The number of thiazole rings is 1. The lowest BCUT2D eigenvalue weighted by Crippen LogP contribution is -2.36. The number of hydrogen-bond donors (Lipinski definition) is 0. The van der Waals surface area contributed by atoms with Gasteiger partial charge in [-0.1, -0.05) is 11.3 Å². The second-order valence-corrected chi connectivity index (χ2v) is 6.02. The number of pyridine rings is 1. The van der Waals surface area contributed by atoms with Gasteiger partial charge in [0.05, 0.1) is 17.9 Å². The van der Waals surface area contributed by atoms with Crippen LogP contribution in [0, 0.1) is 0 Å². The standard InChI is InChI=1S/C11H11Cl2N3OS/c12-9(13)7-1-2-14-10-8(7)18-11(15-10)16-3-5-17-6-4-16/h1-2,9H,3-6H2. The quantitative estimate of drug-likeness (QED) is 0.800. The molecule has 0 unspecified atom stereocenters. The number of morpholine rings is 1. The van der Waals surface area contributed by atoms with Gasteiger partial charge >= 0.3 is 0 Å². The summed E-state index contributed by atoms with van der Waals surface area (Å²) in [5, 5.41) is 0.960. The first-order chi connectivity index (χ1) is 8.75. The molecular formula is C11H11Cl2N3OS. The average molecular weight is 304 g/mol. The molecule has 0 atom stereocenters. The summed E-state index contributed by atoms with van der Waals surface area (Å²) in [7, 11) is 0. The zero-order valence-corrected chi connectivity index (χ0v) is 11.8. The molecule has 0 spiro atoms. The van der Waals surface area contributed by atoms with E-state index in [-0.39, 0.29) is 0 Å². The summed E-state index contributed by atoms with van der Waals surface area (Å²) >= 11 is 13.5. The zero-order chi connectivity index (χ0) is 12.5. The van der Waals surface area contributed by atoms with Crippen LogP contribution in [0.2, 0.25) is 0 Å². The van der Waals surface area contributed by atoms with E-state index in [0.717, 1.165) is 41.7 Å². The number of fused-ring (bicyclic) bond motifs is 1. The minimum Gasteiger partial charge on any atom is -0.378 e. The van der Waals surface area contributed by atoms with Crippen LogP contribution in [0.1, 0.15) is 10.4 Å². The van der Waals surface area contributed by atoms with E-state index in [2.05, 4.69) is 14.9 Å². The normalized spacial score (nSPS) is 16.7. The molecule has 3 heterocycles. The Bertz CT molecular complexity index is 554. The Morgan fingerprint density at radius 2 is 2.11 bits per heavy atom. The molecule has 0 amide bonds. The Hall–Kier alpha value is -0.620. The van der Waals surface area contributed by atoms with Gasteiger partial charge in [-0.3, -0.25) is 0 Å². The summed E-state index contributed by atoms with van der Waals surface area (Å²) in [5.74, 6) is 0. The predicted molar refractivity (Wildman–Crippen MR) is 74.9 cm³/mol. The highest BCUT2D eigenvalue weighted by molar-refractivity contribution is 7.22. The monoisotopic (exact) mass is 303 g/mol. The number of ether oxygens (including phenoxy) is 1. The van der Waals surface area contributed by atoms with Crippen molar-refractivity contribution in [2.45, 2.75) is 4.84 Å². The van der Waals surface area contributed by atoms with Crippen LogP contribution in [0.4, 0.5) is 5.13 Å². The second kappa shape index (κ2) is 5.17. The van der Waals surface area contributed by atoms with Crippen LogP contribution < -0.4 is 4.90 Å². The summed E-state index contributed by atoms with van der Waals surface area (Å²) in [4.78, 5) is 10.5. The molecule has 1 fully saturated rings. The number of anilines is 1. The van der Waals surface area contributed by atoms with E-state index in [4.69, 9.17) is 27.9 Å². The number of nitrogens with zero attached hydrogens (tertiary/aromatic N) is 3. The highest BCUT2D eigenvalue weighted by Gasteiger charge is 2.18. The molecule has 0 saturated carbocycles. The molecule has 0 aromatic carbocycles. The van der Waals surface area contributed by atoms with Crippen molar-refractivity contribution in [1.29, 1.82) is 0 Å². The molecule has 18 heavy (non-hydrogen) atoms. The van der Waals surface area contributed by atoms with Crippen LogP contribution in [-0.2, 0) is 4.74 Å². The Kier molecular flexibility index (Phi) is 3.56. The summed E-state index contributed by atoms with van der Waals surface area (Å²) in [6.07, 6.45) is 1.69. The lowest BCUT2D eigenvalue weighted by Gasteiger charge is -2.25. The van der Waals surface area contributed by atoms with Gasteiger partial charge in [-0.2, -0.15) is 4.98 Å². The van der Waals surface area contributed by atoms with Crippen molar-refractivity contribution in [3.8, 4) is 0 Å². The Balaban J connectivity index is 2.02. The number of rotatable bonds is 2. The molecule has 4 nitrogen and oxygen atoms in total. The third kappa shape index (κ3) is 2.28. The van der Waals surface area contributed by atoms with Gasteiger partial charge in [0, 0.05) is 24.8 Å². The molecule has 1 aliphatic rings. The highest BCUT2D eigenvalue weighted by Crippen LogP contribution is 2.36. The minimum atomic E-state index is -0.548. The number of halogens is 2. The fraction of sp³-hybridized carbons (Fsp3) is 0.455. The average Bonchev–Trinajstić information content (AvgIpc) is 2.83. The first-order valence-corrected chi connectivity index (χ1v) is 7.31.